The summed E-state index contributed by atoms with van der Waals surface area (Å²) in [5.41, 5.74) is 2.67. The number of nitrogens with zero attached hydrogens (tertiary/aromatic N) is 2. The number of likely N-dealkylation sites (tertiary alicyclic amines) is 1. The molecular formula is C18H26N2O. The van der Waals surface area contributed by atoms with Gasteiger partial charge in [0, 0.05) is 30.7 Å². The first-order valence-electron chi connectivity index (χ1n) is 7.98. The molecule has 0 bridgehead atoms. The van der Waals surface area contributed by atoms with Crippen LogP contribution in [0.3, 0.4) is 0 Å². The lowest BCUT2D eigenvalue weighted by Crippen LogP contribution is -2.30. The van der Waals surface area contributed by atoms with Crippen molar-refractivity contribution in [3.05, 3.63) is 30.0 Å². The highest BCUT2D eigenvalue weighted by molar-refractivity contribution is 5.85. The lowest BCUT2D eigenvalue weighted by molar-refractivity contribution is 0.198. The summed E-state index contributed by atoms with van der Waals surface area (Å²) in [7, 11) is 4.30. The van der Waals surface area contributed by atoms with Gasteiger partial charge < -0.3 is 14.2 Å². The summed E-state index contributed by atoms with van der Waals surface area (Å²) < 4.78 is 8.25. The Morgan fingerprint density at radius 3 is 2.76 bits per heavy atom. The summed E-state index contributed by atoms with van der Waals surface area (Å²) in [5.74, 6) is 1.53. The van der Waals surface area contributed by atoms with E-state index in [-0.39, 0.29) is 0 Å². The molecule has 2 heterocycles. The minimum atomic E-state index is 0.549. The van der Waals surface area contributed by atoms with Gasteiger partial charge in [-0.15, -0.1) is 0 Å². The maximum Gasteiger partial charge on any atom is 0.121 e. The number of likely N-dealkylation sites (N-methyl/N-ethyl adjacent to an activating group) is 1. The van der Waals surface area contributed by atoms with Gasteiger partial charge in [-0.3, -0.25) is 0 Å². The summed E-state index contributed by atoms with van der Waals surface area (Å²) in [6.45, 7) is 6.48. The molecule has 0 amide bonds. The number of benzene rings is 1. The molecule has 0 radical (unpaired) electrons. The summed E-state index contributed by atoms with van der Waals surface area (Å²) >= 11 is 0. The minimum Gasteiger partial charge on any atom is -0.492 e. The third-order valence-corrected chi connectivity index (χ3v) is 4.73. The molecule has 0 saturated carbocycles. The third kappa shape index (κ3) is 2.80. The first kappa shape index (κ1) is 14.5. The van der Waals surface area contributed by atoms with Gasteiger partial charge in [-0.2, -0.15) is 0 Å². The maximum atomic E-state index is 6.04. The molecule has 0 spiro atoms. The summed E-state index contributed by atoms with van der Waals surface area (Å²) in [4.78, 5) is 2.40. The van der Waals surface area contributed by atoms with Gasteiger partial charge in [-0.05, 0) is 50.0 Å². The number of aryl methyl sites for hydroxylation is 1. The zero-order chi connectivity index (χ0) is 15.0. The Hall–Kier alpha value is -1.48. The van der Waals surface area contributed by atoms with E-state index in [1.807, 2.05) is 0 Å². The zero-order valence-electron chi connectivity index (χ0n) is 13.6. The second kappa shape index (κ2) is 5.72. The Morgan fingerprint density at radius 1 is 1.29 bits per heavy atom. The molecule has 1 aliphatic heterocycles. The van der Waals surface area contributed by atoms with Crippen LogP contribution in [0.25, 0.3) is 10.9 Å². The van der Waals surface area contributed by atoms with Crippen LogP contribution in [0.1, 0.15) is 38.2 Å². The number of rotatable bonds is 4. The normalized spacial score (nSPS) is 19.8. The molecule has 21 heavy (non-hydrogen) atoms. The average Bonchev–Trinajstić information content (AvgIpc) is 3.01. The average molecular weight is 286 g/mol. The number of ether oxygens (including phenoxy) is 1. The van der Waals surface area contributed by atoms with Crippen molar-refractivity contribution >= 4 is 10.9 Å². The van der Waals surface area contributed by atoms with Crippen molar-refractivity contribution in [2.24, 2.45) is 7.05 Å². The van der Waals surface area contributed by atoms with Crippen LogP contribution >= 0.6 is 0 Å². The standard InChI is InChI=1S/C18H26N2O/c1-13(2)17-11-20(4)18-10-15(7-8-16(17)18)21-12-14-6-5-9-19(14)3/h7-8,10-11,13-14H,5-6,9,12H2,1-4H3. The maximum absolute atomic E-state index is 6.04. The molecule has 1 saturated heterocycles. The molecule has 3 nitrogen and oxygen atoms in total. The van der Waals surface area contributed by atoms with Crippen LogP contribution in [-0.4, -0.2) is 35.7 Å². The molecule has 1 aromatic heterocycles. The van der Waals surface area contributed by atoms with E-state index in [1.165, 1.54) is 35.9 Å². The van der Waals surface area contributed by atoms with Crippen molar-refractivity contribution in [1.29, 1.82) is 0 Å². The van der Waals surface area contributed by atoms with Crippen molar-refractivity contribution in [3.63, 3.8) is 0 Å². The topological polar surface area (TPSA) is 17.4 Å². The quantitative estimate of drug-likeness (QED) is 0.851. The van der Waals surface area contributed by atoms with E-state index in [9.17, 15) is 0 Å². The highest BCUT2D eigenvalue weighted by Crippen LogP contribution is 2.30. The SMILES string of the molecule is CC(C)c1cn(C)c2cc(OCC3CCCN3C)ccc12. The number of fused-ring (bicyclic) bond motifs is 1. The Morgan fingerprint density at radius 2 is 2.10 bits per heavy atom. The molecule has 0 aliphatic carbocycles. The Bertz CT molecular complexity index is 629. The molecule has 2 aromatic rings. The molecule has 3 rings (SSSR count). The Balaban J connectivity index is 1.79. The summed E-state index contributed by atoms with van der Waals surface area (Å²) in [6.07, 6.45) is 4.78. The molecule has 0 N–H and O–H groups in total. The van der Waals surface area contributed by atoms with E-state index in [4.69, 9.17) is 4.74 Å². The fourth-order valence-corrected chi connectivity index (χ4v) is 3.33. The van der Waals surface area contributed by atoms with Crippen LogP contribution in [0, 0.1) is 0 Å². The molecule has 1 fully saturated rings. The largest absolute Gasteiger partial charge is 0.492 e. The van der Waals surface area contributed by atoms with Crippen molar-refractivity contribution < 1.29 is 4.74 Å². The second-order valence-corrected chi connectivity index (χ2v) is 6.62. The van der Waals surface area contributed by atoms with Crippen LogP contribution in [0.15, 0.2) is 24.4 Å². The van der Waals surface area contributed by atoms with E-state index in [2.05, 4.69) is 61.8 Å². The van der Waals surface area contributed by atoms with Gasteiger partial charge in [0.2, 0.25) is 0 Å². The van der Waals surface area contributed by atoms with Crippen molar-refractivity contribution in [3.8, 4) is 5.75 Å². The fraction of sp³-hybridized carbons (Fsp3) is 0.556. The minimum absolute atomic E-state index is 0.549. The molecular weight excluding hydrogens is 260 g/mol. The van der Waals surface area contributed by atoms with E-state index < -0.39 is 0 Å². The number of aromatic nitrogens is 1. The molecule has 1 aromatic carbocycles. The van der Waals surface area contributed by atoms with Gasteiger partial charge in [0.15, 0.2) is 0 Å². The van der Waals surface area contributed by atoms with Crippen LogP contribution in [-0.2, 0) is 7.05 Å². The molecule has 114 valence electrons. The summed E-state index contributed by atoms with van der Waals surface area (Å²) in [5, 5.41) is 1.35. The van der Waals surface area contributed by atoms with Crippen molar-refractivity contribution in [2.75, 3.05) is 20.2 Å². The highest BCUT2D eigenvalue weighted by Gasteiger charge is 2.21. The monoisotopic (exact) mass is 286 g/mol. The molecule has 1 aliphatic rings. The lowest BCUT2D eigenvalue weighted by Gasteiger charge is -2.19. The molecule has 1 atom stereocenters. The van der Waals surface area contributed by atoms with Crippen LogP contribution in [0.4, 0.5) is 0 Å². The predicted molar refractivity (Wildman–Crippen MR) is 88.2 cm³/mol. The molecule has 1 unspecified atom stereocenters. The van der Waals surface area contributed by atoms with Crippen molar-refractivity contribution in [2.45, 2.75) is 38.6 Å². The fourth-order valence-electron chi connectivity index (χ4n) is 3.33. The van der Waals surface area contributed by atoms with E-state index in [0.717, 1.165) is 12.4 Å². The van der Waals surface area contributed by atoms with Gasteiger partial charge in [0.25, 0.3) is 0 Å². The van der Waals surface area contributed by atoms with Crippen LogP contribution in [0.5, 0.6) is 5.75 Å². The third-order valence-electron chi connectivity index (χ3n) is 4.73. The lowest BCUT2D eigenvalue weighted by atomic mass is 10.0. The van der Waals surface area contributed by atoms with Crippen LogP contribution in [0.2, 0.25) is 0 Å². The van der Waals surface area contributed by atoms with Gasteiger partial charge in [0.05, 0.1) is 5.52 Å². The van der Waals surface area contributed by atoms with Gasteiger partial charge in [-0.1, -0.05) is 13.8 Å². The van der Waals surface area contributed by atoms with Gasteiger partial charge >= 0.3 is 0 Å². The van der Waals surface area contributed by atoms with E-state index >= 15 is 0 Å². The Labute approximate surface area is 127 Å². The van der Waals surface area contributed by atoms with Gasteiger partial charge in [0.1, 0.15) is 12.4 Å². The highest BCUT2D eigenvalue weighted by atomic mass is 16.5. The smallest absolute Gasteiger partial charge is 0.121 e. The van der Waals surface area contributed by atoms with E-state index in [0.29, 0.717) is 12.0 Å². The van der Waals surface area contributed by atoms with Crippen molar-refractivity contribution in [1.82, 2.24) is 9.47 Å². The molecule has 3 heteroatoms. The first-order valence-corrected chi connectivity index (χ1v) is 7.98. The predicted octanol–water partition coefficient (Wildman–Crippen LogP) is 3.77. The second-order valence-electron chi connectivity index (χ2n) is 6.62. The van der Waals surface area contributed by atoms with Crippen LogP contribution < -0.4 is 4.74 Å². The number of hydrogen-bond donors (Lipinski definition) is 0. The Kier molecular flexibility index (Phi) is 3.94. The summed E-state index contributed by atoms with van der Waals surface area (Å²) in [6, 6.07) is 7.07. The zero-order valence-corrected chi connectivity index (χ0v) is 13.6. The van der Waals surface area contributed by atoms with E-state index in [1.54, 1.807) is 0 Å². The van der Waals surface area contributed by atoms with Gasteiger partial charge in [-0.25, -0.2) is 0 Å². The first-order chi connectivity index (χ1) is 10.1. The number of hydrogen-bond acceptors (Lipinski definition) is 2.